The summed E-state index contributed by atoms with van der Waals surface area (Å²) in [5.41, 5.74) is 2.42. The van der Waals surface area contributed by atoms with Crippen LogP contribution in [0.3, 0.4) is 0 Å². The Morgan fingerprint density at radius 1 is 1.50 bits per heavy atom. The number of nitrogens with one attached hydrogen (secondary N) is 1. The molecule has 1 N–H and O–H groups in total. The van der Waals surface area contributed by atoms with Gasteiger partial charge in [-0.1, -0.05) is 6.07 Å². The lowest BCUT2D eigenvalue weighted by Crippen LogP contribution is -2.43. The predicted molar refractivity (Wildman–Crippen MR) is 67.7 cm³/mol. The van der Waals surface area contributed by atoms with E-state index in [-0.39, 0.29) is 0 Å². The molecule has 16 heavy (non-hydrogen) atoms. The van der Waals surface area contributed by atoms with Crippen LogP contribution in [-0.2, 0) is 6.42 Å². The van der Waals surface area contributed by atoms with Crippen LogP contribution in [0.1, 0.15) is 11.5 Å². The molecule has 4 heteroatoms. The minimum Gasteiger partial charge on any atom is -0.316 e. The van der Waals surface area contributed by atoms with E-state index in [4.69, 9.17) is 0 Å². The van der Waals surface area contributed by atoms with Crippen molar-refractivity contribution in [3.8, 4) is 0 Å². The van der Waals surface area contributed by atoms with Crippen LogP contribution in [0.15, 0.2) is 22.8 Å². The molecule has 0 aliphatic carbocycles. The van der Waals surface area contributed by atoms with E-state index in [0.29, 0.717) is 0 Å². The second kappa shape index (κ2) is 3.86. The minimum absolute atomic E-state index is 0.747. The second-order valence-electron chi connectivity index (χ2n) is 4.44. The quantitative estimate of drug-likeness (QED) is 0.913. The molecule has 3 nitrogen and oxygen atoms in total. The van der Waals surface area contributed by atoms with Crippen LogP contribution < -0.4 is 5.32 Å². The van der Waals surface area contributed by atoms with Crippen molar-refractivity contribution in [3.63, 3.8) is 0 Å². The maximum Gasteiger partial charge on any atom is 0.132 e. The zero-order chi connectivity index (χ0) is 11.1. The van der Waals surface area contributed by atoms with Crippen molar-refractivity contribution in [2.75, 3.05) is 13.1 Å². The maximum atomic E-state index is 4.62. The Labute approximate surface area is 103 Å². The number of fused-ring (bicyclic) bond motifs is 1. The van der Waals surface area contributed by atoms with Crippen molar-refractivity contribution < 1.29 is 0 Å². The normalized spacial score (nSPS) is 16.6. The average Bonchev–Trinajstić information content (AvgIpc) is 2.52. The third kappa shape index (κ3) is 1.57. The lowest BCUT2D eigenvalue weighted by Gasteiger charge is -2.26. The first kappa shape index (κ1) is 10.3. The molecule has 0 aromatic carbocycles. The lowest BCUT2D eigenvalue weighted by molar-refractivity contribution is 0.340. The molecule has 1 saturated heterocycles. The molecule has 0 bridgehead atoms. The molecule has 0 saturated carbocycles. The lowest BCUT2D eigenvalue weighted by atomic mass is 9.99. The highest BCUT2D eigenvalue weighted by atomic mass is 79.9. The number of aromatic nitrogens is 2. The van der Waals surface area contributed by atoms with Crippen molar-refractivity contribution in [1.29, 1.82) is 0 Å². The number of rotatable bonds is 2. The van der Waals surface area contributed by atoms with Gasteiger partial charge in [-0.25, -0.2) is 4.98 Å². The van der Waals surface area contributed by atoms with Gasteiger partial charge in [0, 0.05) is 12.1 Å². The van der Waals surface area contributed by atoms with Gasteiger partial charge in [0.1, 0.15) is 10.4 Å². The summed E-state index contributed by atoms with van der Waals surface area (Å²) in [6, 6.07) is 6.31. The Morgan fingerprint density at radius 3 is 3.00 bits per heavy atom. The van der Waals surface area contributed by atoms with Crippen LogP contribution in [0.25, 0.3) is 5.52 Å². The average molecular weight is 280 g/mol. The first-order chi connectivity index (χ1) is 7.75. The van der Waals surface area contributed by atoms with Gasteiger partial charge >= 0.3 is 0 Å². The molecule has 1 aliphatic rings. The molecule has 84 valence electrons. The summed E-state index contributed by atoms with van der Waals surface area (Å²) in [5.74, 6) is 1.92. The largest absolute Gasteiger partial charge is 0.316 e. The summed E-state index contributed by atoms with van der Waals surface area (Å²) < 4.78 is 3.21. The molecule has 1 aliphatic heterocycles. The van der Waals surface area contributed by atoms with Gasteiger partial charge in [-0.15, -0.1) is 0 Å². The van der Waals surface area contributed by atoms with Gasteiger partial charge in [-0.2, -0.15) is 0 Å². The number of halogens is 1. The van der Waals surface area contributed by atoms with Gasteiger partial charge in [0.15, 0.2) is 0 Å². The Morgan fingerprint density at radius 2 is 2.31 bits per heavy atom. The summed E-state index contributed by atoms with van der Waals surface area (Å²) >= 11 is 3.53. The van der Waals surface area contributed by atoms with Crippen LogP contribution in [0.4, 0.5) is 0 Å². The highest BCUT2D eigenvalue weighted by molar-refractivity contribution is 9.10. The standard InChI is InChI=1S/C12H14BrN3/c1-8-3-2-4-10-12(13)15-11(16(8)10)5-9-6-14-7-9/h2-4,9,14H,5-7H2,1H3. The van der Waals surface area contributed by atoms with Crippen molar-refractivity contribution in [3.05, 3.63) is 34.3 Å². The van der Waals surface area contributed by atoms with Gasteiger partial charge in [0.25, 0.3) is 0 Å². The molecule has 3 heterocycles. The predicted octanol–water partition coefficient (Wildman–Crippen LogP) is 2.17. The fraction of sp³-hybridized carbons (Fsp3) is 0.417. The summed E-state index contributed by atoms with van der Waals surface area (Å²) in [7, 11) is 0. The van der Waals surface area contributed by atoms with Gasteiger partial charge < -0.3 is 5.32 Å². The third-order valence-electron chi connectivity index (χ3n) is 3.22. The van der Waals surface area contributed by atoms with E-state index >= 15 is 0 Å². The van der Waals surface area contributed by atoms with Crippen LogP contribution >= 0.6 is 15.9 Å². The number of nitrogens with zero attached hydrogens (tertiary/aromatic N) is 2. The van der Waals surface area contributed by atoms with E-state index in [2.05, 4.69) is 55.8 Å². The van der Waals surface area contributed by atoms with Crippen LogP contribution in [0.5, 0.6) is 0 Å². The topological polar surface area (TPSA) is 29.3 Å². The van der Waals surface area contributed by atoms with Crippen molar-refractivity contribution in [2.45, 2.75) is 13.3 Å². The summed E-state index contributed by atoms with van der Waals surface area (Å²) in [6.45, 7) is 4.38. The molecule has 2 aromatic rings. The first-order valence-electron chi connectivity index (χ1n) is 5.59. The molecule has 0 radical (unpaired) electrons. The summed E-state index contributed by atoms with van der Waals surface area (Å²) in [4.78, 5) is 4.62. The van der Waals surface area contributed by atoms with Crippen molar-refractivity contribution in [2.24, 2.45) is 5.92 Å². The highest BCUT2D eigenvalue weighted by Crippen LogP contribution is 2.22. The molecular weight excluding hydrogens is 266 g/mol. The van der Waals surface area contributed by atoms with E-state index in [0.717, 1.165) is 30.0 Å². The maximum absolute atomic E-state index is 4.62. The van der Waals surface area contributed by atoms with Gasteiger partial charge in [0.05, 0.1) is 5.52 Å². The number of pyridine rings is 1. The van der Waals surface area contributed by atoms with E-state index in [1.807, 2.05) is 0 Å². The fourth-order valence-electron chi connectivity index (χ4n) is 2.23. The minimum atomic E-state index is 0.747. The summed E-state index contributed by atoms with van der Waals surface area (Å²) in [6.07, 6.45) is 1.06. The van der Waals surface area contributed by atoms with E-state index in [9.17, 15) is 0 Å². The van der Waals surface area contributed by atoms with Crippen LogP contribution in [-0.4, -0.2) is 22.5 Å². The SMILES string of the molecule is Cc1cccc2c(Br)nc(CC3CNC3)n12. The van der Waals surface area contributed by atoms with E-state index in [1.54, 1.807) is 0 Å². The van der Waals surface area contributed by atoms with E-state index < -0.39 is 0 Å². The molecule has 2 aromatic heterocycles. The van der Waals surface area contributed by atoms with Gasteiger partial charge in [-0.3, -0.25) is 4.40 Å². The Balaban J connectivity index is 2.09. The van der Waals surface area contributed by atoms with E-state index in [1.165, 1.54) is 17.0 Å². The molecule has 0 amide bonds. The number of hydrogen-bond donors (Lipinski definition) is 1. The Bertz CT molecular complexity index is 528. The zero-order valence-corrected chi connectivity index (χ0v) is 10.8. The third-order valence-corrected chi connectivity index (χ3v) is 3.80. The molecule has 0 atom stereocenters. The van der Waals surface area contributed by atoms with Crippen molar-refractivity contribution in [1.82, 2.24) is 14.7 Å². The monoisotopic (exact) mass is 279 g/mol. The smallest absolute Gasteiger partial charge is 0.132 e. The number of aryl methyl sites for hydroxylation is 1. The van der Waals surface area contributed by atoms with Crippen molar-refractivity contribution >= 4 is 21.4 Å². The highest BCUT2D eigenvalue weighted by Gasteiger charge is 2.20. The Kier molecular flexibility index (Phi) is 2.48. The van der Waals surface area contributed by atoms with Crippen LogP contribution in [0, 0.1) is 12.8 Å². The van der Waals surface area contributed by atoms with Gasteiger partial charge in [-0.05, 0) is 54.0 Å². The molecule has 3 rings (SSSR count). The molecule has 1 fully saturated rings. The molecular formula is C12H14BrN3. The molecule has 0 spiro atoms. The Hall–Kier alpha value is -0.870. The number of imidazole rings is 1. The number of hydrogen-bond acceptors (Lipinski definition) is 2. The second-order valence-corrected chi connectivity index (χ2v) is 5.19. The van der Waals surface area contributed by atoms with Gasteiger partial charge in [0.2, 0.25) is 0 Å². The first-order valence-corrected chi connectivity index (χ1v) is 6.38. The summed E-state index contributed by atoms with van der Waals surface area (Å²) in [5, 5.41) is 3.30. The molecule has 0 unspecified atom stereocenters. The zero-order valence-electron chi connectivity index (χ0n) is 9.20. The van der Waals surface area contributed by atoms with Crippen LogP contribution in [0.2, 0.25) is 0 Å². The fourth-order valence-corrected chi connectivity index (χ4v) is 2.74.